The van der Waals surface area contributed by atoms with E-state index in [-0.39, 0.29) is 0 Å². The molecular weight excluding hydrogens is 212 g/mol. The van der Waals surface area contributed by atoms with Gasteiger partial charge in [-0.1, -0.05) is 30.3 Å². The Bertz CT molecular complexity index is 477. The van der Waals surface area contributed by atoms with Crippen molar-refractivity contribution in [2.24, 2.45) is 5.10 Å². The van der Waals surface area contributed by atoms with Gasteiger partial charge in [0.25, 0.3) is 0 Å². The number of rotatable bonds is 4. The van der Waals surface area contributed by atoms with E-state index in [1.807, 2.05) is 54.6 Å². The van der Waals surface area contributed by atoms with E-state index in [2.05, 4.69) is 10.5 Å². The molecule has 0 aliphatic carbocycles. The van der Waals surface area contributed by atoms with Crippen LogP contribution in [0.5, 0.6) is 5.75 Å². The van der Waals surface area contributed by atoms with Crippen LogP contribution in [0.1, 0.15) is 5.56 Å². The summed E-state index contributed by atoms with van der Waals surface area (Å²) in [6.07, 6.45) is 1.78. The van der Waals surface area contributed by atoms with Crippen LogP contribution < -0.4 is 10.2 Å². The lowest BCUT2D eigenvalue weighted by atomic mass is 10.2. The fourth-order valence-corrected chi connectivity index (χ4v) is 1.39. The molecule has 0 amide bonds. The second-order valence-electron chi connectivity index (χ2n) is 3.51. The van der Waals surface area contributed by atoms with E-state index in [4.69, 9.17) is 4.74 Å². The predicted molar refractivity (Wildman–Crippen MR) is 70.7 cm³/mol. The zero-order valence-corrected chi connectivity index (χ0v) is 9.63. The minimum Gasteiger partial charge on any atom is -0.497 e. The summed E-state index contributed by atoms with van der Waals surface area (Å²) in [5.41, 5.74) is 4.95. The van der Waals surface area contributed by atoms with Crippen molar-refractivity contribution < 1.29 is 4.74 Å². The zero-order valence-electron chi connectivity index (χ0n) is 9.63. The topological polar surface area (TPSA) is 33.6 Å². The fourth-order valence-electron chi connectivity index (χ4n) is 1.39. The largest absolute Gasteiger partial charge is 0.497 e. The van der Waals surface area contributed by atoms with Crippen molar-refractivity contribution in [1.82, 2.24) is 0 Å². The van der Waals surface area contributed by atoms with Gasteiger partial charge in [-0.15, -0.1) is 0 Å². The summed E-state index contributed by atoms with van der Waals surface area (Å²) in [4.78, 5) is 0. The van der Waals surface area contributed by atoms with Crippen molar-refractivity contribution in [3.63, 3.8) is 0 Å². The molecule has 0 saturated carbocycles. The second-order valence-corrected chi connectivity index (χ2v) is 3.51. The Morgan fingerprint density at radius 1 is 1.00 bits per heavy atom. The molecular formula is C14H14N2O. The standard InChI is InChI=1S/C14H14N2O/c1-17-14-9-7-13(8-10-14)16-15-11-12-5-3-2-4-6-12/h2-11,16H,1H3/b15-11+. The van der Waals surface area contributed by atoms with Gasteiger partial charge < -0.3 is 4.74 Å². The lowest BCUT2D eigenvalue weighted by molar-refractivity contribution is 0.415. The minimum absolute atomic E-state index is 0.836. The second kappa shape index (κ2) is 5.70. The van der Waals surface area contributed by atoms with Crippen LogP contribution in [0.15, 0.2) is 59.7 Å². The van der Waals surface area contributed by atoms with E-state index in [1.54, 1.807) is 13.3 Å². The summed E-state index contributed by atoms with van der Waals surface area (Å²) >= 11 is 0. The van der Waals surface area contributed by atoms with Crippen molar-refractivity contribution in [2.45, 2.75) is 0 Å². The van der Waals surface area contributed by atoms with Crippen molar-refractivity contribution in [2.75, 3.05) is 12.5 Å². The fraction of sp³-hybridized carbons (Fsp3) is 0.0714. The highest BCUT2D eigenvalue weighted by atomic mass is 16.5. The lowest BCUT2D eigenvalue weighted by Crippen LogP contribution is -1.90. The molecule has 0 aliphatic heterocycles. The molecule has 3 heteroatoms. The third kappa shape index (κ3) is 3.34. The Hall–Kier alpha value is -2.29. The Morgan fingerprint density at radius 3 is 2.35 bits per heavy atom. The molecule has 1 N–H and O–H groups in total. The first-order valence-electron chi connectivity index (χ1n) is 5.36. The molecule has 0 heterocycles. The van der Waals surface area contributed by atoms with Crippen LogP contribution in [-0.2, 0) is 0 Å². The smallest absolute Gasteiger partial charge is 0.119 e. The van der Waals surface area contributed by atoms with E-state index in [9.17, 15) is 0 Å². The number of nitrogens with one attached hydrogen (secondary N) is 1. The maximum absolute atomic E-state index is 5.08. The summed E-state index contributed by atoms with van der Waals surface area (Å²) in [7, 11) is 1.65. The van der Waals surface area contributed by atoms with E-state index in [1.165, 1.54) is 0 Å². The maximum Gasteiger partial charge on any atom is 0.119 e. The van der Waals surface area contributed by atoms with Gasteiger partial charge in [-0.05, 0) is 29.8 Å². The van der Waals surface area contributed by atoms with Gasteiger partial charge in [0.15, 0.2) is 0 Å². The van der Waals surface area contributed by atoms with Gasteiger partial charge in [-0.2, -0.15) is 5.10 Å². The Morgan fingerprint density at radius 2 is 1.71 bits per heavy atom. The van der Waals surface area contributed by atoms with Gasteiger partial charge in [0, 0.05) is 0 Å². The summed E-state index contributed by atoms with van der Waals surface area (Å²) in [5.74, 6) is 0.836. The first-order chi connectivity index (χ1) is 8.38. The Labute approximate surface area is 101 Å². The number of hydrazone groups is 1. The third-order valence-corrected chi connectivity index (χ3v) is 2.30. The van der Waals surface area contributed by atoms with E-state index >= 15 is 0 Å². The number of methoxy groups -OCH3 is 1. The van der Waals surface area contributed by atoms with Gasteiger partial charge >= 0.3 is 0 Å². The first kappa shape index (κ1) is 11.2. The average Bonchev–Trinajstić information content (AvgIpc) is 2.41. The molecule has 0 aromatic heterocycles. The van der Waals surface area contributed by atoms with Gasteiger partial charge in [0.2, 0.25) is 0 Å². The van der Waals surface area contributed by atoms with Crippen LogP contribution in [-0.4, -0.2) is 13.3 Å². The number of hydrogen-bond donors (Lipinski definition) is 1. The number of ether oxygens (including phenoxy) is 1. The maximum atomic E-state index is 5.08. The highest BCUT2D eigenvalue weighted by Crippen LogP contribution is 2.14. The van der Waals surface area contributed by atoms with Crippen LogP contribution >= 0.6 is 0 Å². The Kier molecular flexibility index (Phi) is 3.76. The molecule has 0 bridgehead atoms. The molecule has 17 heavy (non-hydrogen) atoms. The number of hydrogen-bond acceptors (Lipinski definition) is 3. The minimum atomic E-state index is 0.836. The van der Waals surface area contributed by atoms with Crippen LogP contribution in [0.4, 0.5) is 5.69 Å². The predicted octanol–water partition coefficient (Wildman–Crippen LogP) is 3.14. The molecule has 2 aromatic carbocycles. The SMILES string of the molecule is COc1ccc(N/N=C/c2ccccc2)cc1. The van der Waals surface area contributed by atoms with E-state index in [0.29, 0.717) is 0 Å². The number of nitrogens with zero attached hydrogens (tertiary/aromatic N) is 1. The zero-order chi connectivity index (χ0) is 11.9. The summed E-state index contributed by atoms with van der Waals surface area (Å²) in [6, 6.07) is 17.6. The molecule has 0 saturated heterocycles. The monoisotopic (exact) mass is 226 g/mol. The molecule has 3 nitrogen and oxygen atoms in total. The normalized spacial score (nSPS) is 10.4. The van der Waals surface area contributed by atoms with Crippen LogP contribution in [0.3, 0.4) is 0 Å². The van der Waals surface area contributed by atoms with Crippen molar-refractivity contribution in [1.29, 1.82) is 0 Å². The molecule has 0 aliphatic rings. The molecule has 0 unspecified atom stereocenters. The molecule has 0 atom stereocenters. The molecule has 86 valence electrons. The summed E-state index contributed by atoms with van der Waals surface area (Å²) < 4.78 is 5.08. The van der Waals surface area contributed by atoms with Crippen LogP contribution in [0.2, 0.25) is 0 Å². The number of benzene rings is 2. The number of anilines is 1. The highest BCUT2D eigenvalue weighted by Gasteiger charge is 1.91. The molecule has 0 fully saturated rings. The van der Waals surface area contributed by atoms with Crippen molar-refractivity contribution in [3.8, 4) is 5.75 Å². The summed E-state index contributed by atoms with van der Waals surface area (Å²) in [6.45, 7) is 0. The molecule has 2 rings (SSSR count). The van der Waals surface area contributed by atoms with E-state index in [0.717, 1.165) is 17.0 Å². The Balaban J connectivity index is 1.95. The average molecular weight is 226 g/mol. The quantitative estimate of drug-likeness (QED) is 0.642. The van der Waals surface area contributed by atoms with E-state index < -0.39 is 0 Å². The van der Waals surface area contributed by atoms with Crippen molar-refractivity contribution in [3.05, 3.63) is 60.2 Å². The summed E-state index contributed by atoms with van der Waals surface area (Å²) in [5, 5.41) is 4.15. The van der Waals surface area contributed by atoms with Crippen LogP contribution in [0, 0.1) is 0 Å². The highest BCUT2D eigenvalue weighted by molar-refractivity contribution is 5.80. The van der Waals surface area contributed by atoms with Gasteiger partial charge in [-0.25, -0.2) is 0 Å². The third-order valence-electron chi connectivity index (χ3n) is 2.30. The lowest BCUT2D eigenvalue weighted by Gasteiger charge is -2.02. The molecule has 0 radical (unpaired) electrons. The van der Waals surface area contributed by atoms with Crippen LogP contribution in [0.25, 0.3) is 0 Å². The molecule has 2 aromatic rings. The molecule has 0 spiro atoms. The van der Waals surface area contributed by atoms with Gasteiger partial charge in [0.1, 0.15) is 5.75 Å². The van der Waals surface area contributed by atoms with Gasteiger partial charge in [-0.3, -0.25) is 5.43 Å². The first-order valence-corrected chi connectivity index (χ1v) is 5.36. The van der Waals surface area contributed by atoms with Gasteiger partial charge in [0.05, 0.1) is 19.0 Å². The van der Waals surface area contributed by atoms with Crippen molar-refractivity contribution >= 4 is 11.9 Å².